The van der Waals surface area contributed by atoms with Gasteiger partial charge in [0.25, 0.3) is 0 Å². The lowest BCUT2D eigenvalue weighted by molar-refractivity contribution is 0.413. The standard InChI is InChI=1S/C12H16N4S/c1-7-4-5-17-10(7)11-14-12-13-8(2)6-9(3)16(12)15-11/h4-5,8-9H,6H2,1-3H3,(H,13,14,15). The molecule has 0 aliphatic carbocycles. The number of aromatic nitrogens is 3. The molecule has 0 bridgehead atoms. The summed E-state index contributed by atoms with van der Waals surface area (Å²) in [4.78, 5) is 5.78. The Morgan fingerprint density at radius 2 is 2.29 bits per heavy atom. The van der Waals surface area contributed by atoms with E-state index in [9.17, 15) is 0 Å². The topological polar surface area (TPSA) is 42.7 Å². The Morgan fingerprint density at radius 1 is 1.47 bits per heavy atom. The normalized spacial score (nSPS) is 23.2. The number of thiophene rings is 1. The zero-order valence-electron chi connectivity index (χ0n) is 10.3. The molecule has 5 heteroatoms. The molecule has 17 heavy (non-hydrogen) atoms. The van der Waals surface area contributed by atoms with Gasteiger partial charge in [-0.1, -0.05) is 0 Å². The molecule has 0 saturated carbocycles. The summed E-state index contributed by atoms with van der Waals surface area (Å²) in [7, 11) is 0. The zero-order valence-corrected chi connectivity index (χ0v) is 11.1. The van der Waals surface area contributed by atoms with Gasteiger partial charge in [0.2, 0.25) is 5.95 Å². The van der Waals surface area contributed by atoms with E-state index in [1.165, 1.54) is 10.4 Å². The van der Waals surface area contributed by atoms with Crippen molar-refractivity contribution in [3.05, 3.63) is 17.0 Å². The fourth-order valence-electron chi connectivity index (χ4n) is 2.32. The molecule has 3 heterocycles. The summed E-state index contributed by atoms with van der Waals surface area (Å²) in [5.41, 5.74) is 1.25. The molecule has 0 amide bonds. The second-order valence-corrected chi connectivity index (χ2v) is 5.68. The van der Waals surface area contributed by atoms with Gasteiger partial charge in [-0.05, 0) is 44.2 Å². The molecule has 1 N–H and O–H groups in total. The minimum Gasteiger partial charge on any atom is -0.352 e. The number of nitrogens with zero attached hydrogens (tertiary/aromatic N) is 3. The summed E-state index contributed by atoms with van der Waals surface area (Å²) in [6.07, 6.45) is 1.10. The summed E-state index contributed by atoms with van der Waals surface area (Å²) in [6, 6.07) is 3.00. The van der Waals surface area contributed by atoms with E-state index in [-0.39, 0.29) is 0 Å². The highest BCUT2D eigenvalue weighted by Gasteiger charge is 2.24. The second kappa shape index (κ2) is 3.84. The van der Waals surface area contributed by atoms with Crippen LogP contribution in [0.25, 0.3) is 10.7 Å². The Balaban J connectivity index is 2.05. The highest BCUT2D eigenvalue weighted by Crippen LogP contribution is 2.31. The van der Waals surface area contributed by atoms with Gasteiger partial charge < -0.3 is 5.32 Å². The first kappa shape index (κ1) is 10.8. The third-order valence-electron chi connectivity index (χ3n) is 3.18. The summed E-state index contributed by atoms with van der Waals surface area (Å²) in [5, 5.41) is 10.1. The Labute approximate surface area is 105 Å². The summed E-state index contributed by atoms with van der Waals surface area (Å²) < 4.78 is 2.01. The van der Waals surface area contributed by atoms with Gasteiger partial charge in [-0.25, -0.2) is 4.68 Å². The Morgan fingerprint density at radius 3 is 3.00 bits per heavy atom. The number of nitrogens with one attached hydrogen (secondary N) is 1. The summed E-state index contributed by atoms with van der Waals surface area (Å²) >= 11 is 1.70. The zero-order chi connectivity index (χ0) is 12.0. The van der Waals surface area contributed by atoms with E-state index in [1.54, 1.807) is 11.3 Å². The second-order valence-electron chi connectivity index (χ2n) is 4.77. The highest BCUT2D eigenvalue weighted by atomic mass is 32.1. The number of fused-ring (bicyclic) bond motifs is 1. The molecule has 1 aliphatic rings. The molecule has 0 radical (unpaired) electrons. The minimum atomic E-state index is 0.419. The average Bonchev–Trinajstić information content (AvgIpc) is 2.83. The molecule has 0 spiro atoms. The highest BCUT2D eigenvalue weighted by molar-refractivity contribution is 7.13. The summed E-state index contributed by atoms with van der Waals surface area (Å²) in [6.45, 7) is 6.48. The van der Waals surface area contributed by atoms with Crippen molar-refractivity contribution < 1.29 is 0 Å². The van der Waals surface area contributed by atoms with Gasteiger partial charge in [0.15, 0.2) is 5.82 Å². The molecule has 2 unspecified atom stereocenters. The number of anilines is 1. The molecule has 0 fully saturated rings. The van der Waals surface area contributed by atoms with Crippen LogP contribution in [0.5, 0.6) is 0 Å². The first-order valence-electron chi connectivity index (χ1n) is 5.92. The maximum atomic E-state index is 4.62. The predicted molar refractivity (Wildman–Crippen MR) is 70.5 cm³/mol. The van der Waals surface area contributed by atoms with Crippen LogP contribution in [0.4, 0.5) is 5.95 Å². The van der Waals surface area contributed by atoms with Gasteiger partial charge >= 0.3 is 0 Å². The van der Waals surface area contributed by atoms with Crippen molar-refractivity contribution in [1.29, 1.82) is 0 Å². The van der Waals surface area contributed by atoms with Crippen LogP contribution < -0.4 is 5.32 Å². The molecule has 4 nitrogen and oxygen atoms in total. The van der Waals surface area contributed by atoms with E-state index in [0.717, 1.165) is 18.2 Å². The molecule has 2 aromatic heterocycles. The van der Waals surface area contributed by atoms with Crippen LogP contribution in [0.1, 0.15) is 31.9 Å². The van der Waals surface area contributed by atoms with Gasteiger partial charge in [-0.2, -0.15) is 4.98 Å². The van der Waals surface area contributed by atoms with E-state index in [4.69, 9.17) is 0 Å². The maximum Gasteiger partial charge on any atom is 0.222 e. The third kappa shape index (κ3) is 1.74. The number of rotatable bonds is 1. The maximum absolute atomic E-state index is 4.62. The van der Waals surface area contributed by atoms with Crippen molar-refractivity contribution >= 4 is 17.3 Å². The monoisotopic (exact) mass is 248 g/mol. The molecule has 2 aromatic rings. The van der Waals surface area contributed by atoms with Crippen molar-refractivity contribution in [1.82, 2.24) is 14.8 Å². The molecular weight excluding hydrogens is 232 g/mol. The van der Waals surface area contributed by atoms with Crippen molar-refractivity contribution in [2.75, 3.05) is 5.32 Å². The van der Waals surface area contributed by atoms with Crippen molar-refractivity contribution in [3.8, 4) is 10.7 Å². The van der Waals surface area contributed by atoms with Crippen molar-refractivity contribution in [3.63, 3.8) is 0 Å². The Kier molecular flexibility index (Phi) is 2.43. The molecule has 0 saturated heterocycles. The van der Waals surface area contributed by atoms with Gasteiger partial charge in [0, 0.05) is 6.04 Å². The third-order valence-corrected chi connectivity index (χ3v) is 4.20. The smallest absolute Gasteiger partial charge is 0.222 e. The van der Waals surface area contributed by atoms with Crippen LogP contribution in [0.2, 0.25) is 0 Å². The minimum absolute atomic E-state index is 0.419. The van der Waals surface area contributed by atoms with E-state index in [2.05, 4.69) is 47.6 Å². The van der Waals surface area contributed by atoms with Gasteiger partial charge in [-0.3, -0.25) is 0 Å². The Bertz CT molecular complexity index is 542. The number of hydrogen-bond acceptors (Lipinski definition) is 4. The fraction of sp³-hybridized carbons (Fsp3) is 0.500. The molecule has 2 atom stereocenters. The molecule has 0 aromatic carbocycles. The van der Waals surface area contributed by atoms with E-state index in [1.807, 2.05) is 4.68 Å². The lowest BCUT2D eigenvalue weighted by Gasteiger charge is -2.26. The van der Waals surface area contributed by atoms with Gasteiger partial charge in [-0.15, -0.1) is 16.4 Å². The first-order chi connectivity index (χ1) is 8.15. The summed E-state index contributed by atoms with van der Waals surface area (Å²) in [5.74, 6) is 1.75. The van der Waals surface area contributed by atoms with Crippen LogP contribution in [0.15, 0.2) is 11.4 Å². The van der Waals surface area contributed by atoms with Crippen LogP contribution in [-0.2, 0) is 0 Å². The number of hydrogen-bond donors (Lipinski definition) is 1. The fourth-order valence-corrected chi connectivity index (χ4v) is 3.17. The van der Waals surface area contributed by atoms with Crippen LogP contribution in [0.3, 0.4) is 0 Å². The number of aryl methyl sites for hydroxylation is 1. The quantitative estimate of drug-likeness (QED) is 0.843. The largest absolute Gasteiger partial charge is 0.352 e. The average molecular weight is 248 g/mol. The van der Waals surface area contributed by atoms with Crippen molar-refractivity contribution in [2.45, 2.75) is 39.3 Å². The molecule has 1 aliphatic heterocycles. The van der Waals surface area contributed by atoms with Gasteiger partial charge in [0.1, 0.15) is 0 Å². The van der Waals surface area contributed by atoms with Gasteiger partial charge in [0.05, 0.1) is 10.9 Å². The van der Waals surface area contributed by atoms with E-state index < -0.39 is 0 Å². The lowest BCUT2D eigenvalue weighted by Crippen LogP contribution is -2.29. The van der Waals surface area contributed by atoms with Crippen LogP contribution in [-0.4, -0.2) is 20.8 Å². The predicted octanol–water partition coefficient (Wildman–Crippen LogP) is 3.08. The SMILES string of the molecule is Cc1ccsc1-c1nc2n(n1)C(C)CC(C)N2. The Hall–Kier alpha value is -1.36. The first-order valence-corrected chi connectivity index (χ1v) is 6.80. The molecular formula is C12H16N4S. The lowest BCUT2D eigenvalue weighted by atomic mass is 10.1. The van der Waals surface area contributed by atoms with Crippen LogP contribution >= 0.6 is 11.3 Å². The van der Waals surface area contributed by atoms with Crippen LogP contribution in [0, 0.1) is 6.92 Å². The van der Waals surface area contributed by atoms with E-state index >= 15 is 0 Å². The molecule has 90 valence electrons. The van der Waals surface area contributed by atoms with Crippen molar-refractivity contribution in [2.24, 2.45) is 0 Å². The van der Waals surface area contributed by atoms with E-state index in [0.29, 0.717) is 12.1 Å². The molecule has 3 rings (SSSR count).